The van der Waals surface area contributed by atoms with Crippen molar-refractivity contribution in [3.05, 3.63) is 42.0 Å². The van der Waals surface area contributed by atoms with Gasteiger partial charge in [-0.15, -0.1) is 17.5 Å². The summed E-state index contributed by atoms with van der Waals surface area (Å²) in [4.78, 5) is 16.1. The predicted molar refractivity (Wildman–Crippen MR) is 95.8 cm³/mol. The van der Waals surface area contributed by atoms with E-state index >= 15 is 0 Å². The van der Waals surface area contributed by atoms with E-state index in [0.717, 1.165) is 32.4 Å². The van der Waals surface area contributed by atoms with Gasteiger partial charge in [-0.05, 0) is 56.6 Å². The van der Waals surface area contributed by atoms with Crippen LogP contribution in [0.25, 0.3) is 5.69 Å². The summed E-state index contributed by atoms with van der Waals surface area (Å²) in [6.45, 7) is 4.64. The Kier molecular flexibility index (Phi) is 6.90. The highest BCUT2D eigenvalue weighted by Gasteiger charge is 2.27. The summed E-state index contributed by atoms with van der Waals surface area (Å²) in [7, 11) is 0. The number of hydrogen-bond acceptors (Lipinski definition) is 4. The van der Waals surface area contributed by atoms with Crippen molar-refractivity contribution in [2.75, 3.05) is 19.6 Å². The third-order valence-electron chi connectivity index (χ3n) is 4.24. The van der Waals surface area contributed by atoms with Crippen LogP contribution < -0.4 is 5.32 Å². The standard InChI is InChI=1S/C17H22FN5O.ClH/c1-2-11-22(14-7-9-19-10-8-14)17(24)16-12-20-23(21-16)15-5-3-13(18)4-6-15;/h3-6,12,14,19H,2,7-11H2,1H3;1H. The van der Waals surface area contributed by atoms with Gasteiger partial charge in [-0.2, -0.15) is 9.90 Å². The number of amides is 1. The topological polar surface area (TPSA) is 63.1 Å². The highest BCUT2D eigenvalue weighted by Crippen LogP contribution is 2.16. The number of piperidine rings is 1. The molecule has 1 N–H and O–H groups in total. The molecule has 0 saturated carbocycles. The molecule has 1 aromatic heterocycles. The number of rotatable bonds is 5. The van der Waals surface area contributed by atoms with Gasteiger partial charge in [-0.1, -0.05) is 6.92 Å². The van der Waals surface area contributed by atoms with Gasteiger partial charge in [0.1, 0.15) is 5.82 Å². The molecule has 1 aliphatic rings. The van der Waals surface area contributed by atoms with E-state index in [-0.39, 0.29) is 30.2 Å². The Hall–Kier alpha value is -1.99. The Morgan fingerprint density at radius 3 is 2.64 bits per heavy atom. The molecule has 2 aromatic rings. The van der Waals surface area contributed by atoms with E-state index in [4.69, 9.17) is 0 Å². The fourth-order valence-electron chi connectivity index (χ4n) is 3.02. The molecule has 8 heteroatoms. The van der Waals surface area contributed by atoms with Crippen LogP contribution in [0.4, 0.5) is 4.39 Å². The molecule has 25 heavy (non-hydrogen) atoms. The minimum Gasteiger partial charge on any atom is -0.334 e. The van der Waals surface area contributed by atoms with Crippen LogP contribution in [0.1, 0.15) is 36.7 Å². The Labute approximate surface area is 152 Å². The SMILES string of the molecule is CCCN(C(=O)c1cnn(-c2ccc(F)cc2)n1)C1CCNCC1.Cl. The number of hydrogen-bond donors (Lipinski definition) is 1. The van der Waals surface area contributed by atoms with E-state index < -0.39 is 0 Å². The van der Waals surface area contributed by atoms with E-state index in [9.17, 15) is 9.18 Å². The molecule has 1 aliphatic heterocycles. The molecule has 1 amide bonds. The second kappa shape index (κ2) is 8.92. The highest BCUT2D eigenvalue weighted by molar-refractivity contribution is 5.92. The van der Waals surface area contributed by atoms with Crippen molar-refractivity contribution in [3.8, 4) is 5.69 Å². The fourth-order valence-corrected chi connectivity index (χ4v) is 3.02. The smallest absolute Gasteiger partial charge is 0.276 e. The van der Waals surface area contributed by atoms with E-state index in [1.54, 1.807) is 12.1 Å². The summed E-state index contributed by atoms with van der Waals surface area (Å²) in [6, 6.07) is 6.10. The zero-order valence-electron chi connectivity index (χ0n) is 14.2. The number of nitrogens with one attached hydrogen (secondary N) is 1. The van der Waals surface area contributed by atoms with Gasteiger partial charge in [0.15, 0.2) is 5.69 Å². The Balaban J connectivity index is 0.00000225. The number of carbonyl (C=O) groups excluding carboxylic acids is 1. The van der Waals surface area contributed by atoms with E-state index in [1.807, 2.05) is 4.90 Å². The summed E-state index contributed by atoms with van der Waals surface area (Å²) in [5.74, 6) is -0.403. The van der Waals surface area contributed by atoms with Crippen molar-refractivity contribution in [2.45, 2.75) is 32.2 Å². The highest BCUT2D eigenvalue weighted by atomic mass is 35.5. The molecule has 3 rings (SSSR count). The van der Waals surface area contributed by atoms with Gasteiger partial charge < -0.3 is 10.2 Å². The van der Waals surface area contributed by atoms with Crippen LogP contribution >= 0.6 is 12.4 Å². The fraction of sp³-hybridized carbons (Fsp3) is 0.471. The maximum Gasteiger partial charge on any atom is 0.276 e. The van der Waals surface area contributed by atoms with Gasteiger partial charge in [0.25, 0.3) is 5.91 Å². The second-order valence-electron chi connectivity index (χ2n) is 5.98. The quantitative estimate of drug-likeness (QED) is 0.881. The first-order valence-electron chi connectivity index (χ1n) is 8.39. The zero-order valence-corrected chi connectivity index (χ0v) is 15.0. The number of aromatic nitrogens is 3. The Morgan fingerprint density at radius 1 is 1.32 bits per heavy atom. The normalized spacial score (nSPS) is 14.8. The Morgan fingerprint density at radius 2 is 2.00 bits per heavy atom. The van der Waals surface area contributed by atoms with E-state index in [1.165, 1.54) is 23.1 Å². The number of halogens is 2. The van der Waals surface area contributed by atoms with Gasteiger partial charge in [-0.25, -0.2) is 4.39 Å². The number of nitrogens with zero attached hydrogens (tertiary/aromatic N) is 4. The maximum absolute atomic E-state index is 13.0. The maximum atomic E-state index is 13.0. The number of benzene rings is 1. The molecule has 1 fully saturated rings. The first-order chi connectivity index (χ1) is 11.7. The van der Waals surface area contributed by atoms with E-state index in [0.29, 0.717) is 17.9 Å². The molecule has 0 aliphatic carbocycles. The van der Waals surface area contributed by atoms with Crippen LogP contribution in [0.5, 0.6) is 0 Å². The molecule has 1 aromatic carbocycles. The molecule has 0 bridgehead atoms. The molecular formula is C17H23ClFN5O. The Bertz CT molecular complexity index is 685. The van der Waals surface area contributed by atoms with Gasteiger partial charge in [0.2, 0.25) is 0 Å². The average molecular weight is 368 g/mol. The van der Waals surface area contributed by atoms with Crippen LogP contribution in [-0.2, 0) is 0 Å². The lowest BCUT2D eigenvalue weighted by atomic mass is 10.0. The molecule has 1 saturated heterocycles. The van der Waals surface area contributed by atoms with Crippen molar-refractivity contribution in [1.29, 1.82) is 0 Å². The molecule has 0 atom stereocenters. The van der Waals surface area contributed by atoms with E-state index in [2.05, 4.69) is 22.4 Å². The van der Waals surface area contributed by atoms with Gasteiger partial charge in [-0.3, -0.25) is 4.79 Å². The van der Waals surface area contributed by atoms with Gasteiger partial charge in [0, 0.05) is 12.6 Å². The minimum atomic E-state index is -0.317. The molecule has 136 valence electrons. The van der Waals surface area contributed by atoms with Crippen molar-refractivity contribution in [1.82, 2.24) is 25.2 Å². The number of carbonyl (C=O) groups is 1. The van der Waals surface area contributed by atoms with Crippen LogP contribution in [0.15, 0.2) is 30.5 Å². The van der Waals surface area contributed by atoms with Crippen molar-refractivity contribution in [3.63, 3.8) is 0 Å². The first kappa shape index (κ1) is 19.3. The lowest BCUT2D eigenvalue weighted by Crippen LogP contribution is -2.46. The molecule has 0 unspecified atom stereocenters. The van der Waals surface area contributed by atoms with Crippen LogP contribution in [0.3, 0.4) is 0 Å². The minimum absolute atomic E-state index is 0. The van der Waals surface area contributed by atoms with Crippen molar-refractivity contribution in [2.24, 2.45) is 0 Å². The van der Waals surface area contributed by atoms with Crippen LogP contribution in [0, 0.1) is 5.82 Å². The summed E-state index contributed by atoms with van der Waals surface area (Å²) < 4.78 is 13.0. The predicted octanol–water partition coefficient (Wildman–Crippen LogP) is 2.43. The summed E-state index contributed by atoms with van der Waals surface area (Å²) in [5.41, 5.74) is 0.950. The van der Waals surface area contributed by atoms with Gasteiger partial charge in [0.05, 0.1) is 11.9 Å². The van der Waals surface area contributed by atoms with Crippen molar-refractivity contribution < 1.29 is 9.18 Å². The largest absolute Gasteiger partial charge is 0.334 e. The zero-order chi connectivity index (χ0) is 16.9. The first-order valence-corrected chi connectivity index (χ1v) is 8.39. The second-order valence-corrected chi connectivity index (χ2v) is 5.98. The summed E-state index contributed by atoms with van der Waals surface area (Å²) in [5, 5.41) is 11.8. The third kappa shape index (κ3) is 4.55. The molecule has 0 spiro atoms. The van der Waals surface area contributed by atoms with Crippen LogP contribution in [0.2, 0.25) is 0 Å². The lowest BCUT2D eigenvalue weighted by molar-refractivity contribution is 0.0636. The van der Waals surface area contributed by atoms with Crippen molar-refractivity contribution >= 4 is 18.3 Å². The summed E-state index contributed by atoms with van der Waals surface area (Å²) in [6.07, 6.45) is 4.30. The summed E-state index contributed by atoms with van der Waals surface area (Å²) >= 11 is 0. The molecule has 0 radical (unpaired) electrons. The molecular weight excluding hydrogens is 345 g/mol. The molecule has 6 nitrogen and oxygen atoms in total. The monoisotopic (exact) mass is 367 g/mol. The lowest BCUT2D eigenvalue weighted by Gasteiger charge is -2.34. The average Bonchev–Trinajstić information content (AvgIpc) is 3.10. The van der Waals surface area contributed by atoms with Crippen LogP contribution in [-0.4, -0.2) is 51.5 Å². The van der Waals surface area contributed by atoms with Gasteiger partial charge >= 0.3 is 0 Å². The molecule has 2 heterocycles. The third-order valence-corrected chi connectivity index (χ3v) is 4.24.